The fourth-order valence-electron chi connectivity index (χ4n) is 1.13. The van der Waals surface area contributed by atoms with E-state index in [1.807, 2.05) is 18.2 Å². The van der Waals surface area contributed by atoms with Crippen molar-refractivity contribution in [2.75, 3.05) is 5.32 Å². The Morgan fingerprint density at radius 2 is 2.00 bits per heavy atom. The molecule has 0 unspecified atom stereocenters. The van der Waals surface area contributed by atoms with Crippen LogP contribution in [0, 0.1) is 0 Å². The monoisotopic (exact) mass is 237 g/mol. The Hall–Kier alpha value is -1.99. The summed E-state index contributed by atoms with van der Waals surface area (Å²) in [5.74, 6) is -2.08. The Balaban J connectivity index is 2.22. The van der Waals surface area contributed by atoms with Crippen molar-refractivity contribution in [3.8, 4) is 0 Å². The van der Waals surface area contributed by atoms with Crippen LogP contribution in [0.5, 0.6) is 0 Å². The van der Waals surface area contributed by atoms with Crippen molar-refractivity contribution in [1.29, 1.82) is 0 Å². The molecule has 2 amide bonds. The number of amides is 2. The molecular weight excluding hydrogens is 230 g/mol. The fourth-order valence-corrected chi connectivity index (χ4v) is 1.99. The van der Waals surface area contributed by atoms with Gasteiger partial charge in [0.25, 0.3) is 0 Å². The molecule has 0 aliphatic rings. The normalized spacial score (nSPS) is 10.1. The number of para-hydroxylation sites is 1. The van der Waals surface area contributed by atoms with Crippen LogP contribution in [0.15, 0.2) is 24.3 Å². The number of nitrogens with zero attached hydrogens (tertiary/aromatic N) is 1. The Bertz CT molecular complexity index is 519. The number of hydroxylamine groups is 1. The van der Waals surface area contributed by atoms with Crippen LogP contribution < -0.4 is 10.8 Å². The van der Waals surface area contributed by atoms with Gasteiger partial charge in [-0.15, -0.1) is 0 Å². The topological polar surface area (TPSA) is 91.3 Å². The van der Waals surface area contributed by atoms with Crippen molar-refractivity contribution in [2.24, 2.45) is 0 Å². The molecule has 2 aromatic rings. The van der Waals surface area contributed by atoms with Crippen molar-refractivity contribution in [3.63, 3.8) is 0 Å². The first-order valence-corrected chi connectivity index (χ1v) is 5.13. The van der Waals surface area contributed by atoms with Crippen LogP contribution in [0.3, 0.4) is 0 Å². The van der Waals surface area contributed by atoms with E-state index >= 15 is 0 Å². The maximum absolute atomic E-state index is 11.1. The molecule has 0 fully saturated rings. The number of aromatic nitrogens is 1. The lowest BCUT2D eigenvalue weighted by atomic mass is 10.3. The van der Waals surface area contributed by atoms with Crippen molar-refractivity contribution in [3.05, 3.63) is 24.3 Å². The lowest BCUT2D eigenvalue weighted by Gasteiger charge is -1.97. The third-order valence-electron chi connectivity index (χ3n) is 1.82. The molecule has 0 aliphatic heterocycles. The summed E-state index contributed by atoms with van der Waals surface area (Å²) in [6, 6.07) is 7.34. The number of carbonyl (C=O) groups excluding carboxylic acids is 2. The predicted octanol–water partition coefficient (Wildman–Crippen LogP) is 0.740. The van der Waals surface area contributed by atoms with Crippen molar-refractivity contribution in [1.82, 2.24) is 10.5 Å². The molecule has 16 heavy (non-hydrogen) atoms. The van der Waals surface area contributed by atoms with Crippen molar-refractivity contribution in [2.45, 2.75) is 0 Å². The maximum Gasteiger partial charge on any atom is 0.333 e. The first kappa shape index (κ1) is 10.5. The minimum atomic E-state index is -1.13. The molecule has 0 atom stereocenters. The minimum Gasteiger partial charge on any atom is -0.293 e. The Kier molecular flexibility index (Phi) is 2.80. The number of anilines is 1. The zero-order valence-electron chi connectivity index (χ0n) is 7.93. The molecule has 0 spiro atoms. The molecule has 6 nitrogen and oxygen atoms in total. The molecule has 0 saturated heterocycles. The lowest BCUT2D eigenvalue weighted by molar-refractivity contribution is -0.141. The number of rotatable bonds is 1. The van der Waals surface area contributed by atoms with Gasteiger partial charge in [-0.05, 0) is 12.1 Å². The third kappa shape index (κ3) is 2.00. The van der Waals surface area contributed by atoms with E-state index in [9.17, 15) is 9.59 Å². The van der Waals surface area contributed by atoms with E-state index in [0.29, 0.717) is 5.13 Å². The molecule has 7 heteroatoms. The minimum absolute atomic E-state index is 0.315. The number of thiazole rings is 1. The van der Waals surface area contributed by atoms with E-state index in [-0.39, 0.29) is 0 Å². The zero-order chi connectivity index (χ0) is 11.5. The van der Waals surface area contributed by atoms with Gasteiger partial charge in [0.15, 0.2) is 5.13 Å². The summed E-state index contributed by atoms with van der Waals surface area (Å²) in [6.07, 6.45) is 0. The Morgan fingerprint density at radius 1 is 1.25 bits per heavy atom. The molecule has 1 aromatic heterocycles. The SMILES string of the molecule is O=C(NO)C(=O)Nc1nc2ccccc2s1. The van der Waals surface area contributed by atoms with Crippen LogP contribution >= 0.6 is 11.3 Å². The molecule has 82 valence electrons. The van der Waals surface area contributed by atoms with Gasteiger partial charge in [0.05, 0.1) is 10.2 Å². The van der Waals surface area contributed by atoms with E-state index in [0.717, 1.165) is 10.2 Å². The standard InChI is InChI=1S/C9H7N3O3S/c13-7(8(14)12-15)11-9-10-5-3-1-2-4-6(5)16-9/h1-4,15H,(H,12,14)(H,10,11,13). The first-order valence-electron chi connectivity index (χ1n) is 4.31. The van der Waals surface area contributed by atoms with E-state index in [2.05, 4.69) is 10.3 Å². The van der Waals surface area contributed by atoms with Crippen molar-refractivity contribution < 1.29 is 14.8 Å². The van der Waals surface area contributed by atoms with Gasteiger partial charge in [-0.2, -0.15) is 0 Å². The Labute approximate surface area is 93.9 Å². The van der Waals surface area contributed by atoms with Crippen LogP contribution in [0.1, 0.15) is 0 Å². The van der Waals surface area contributed by atoms with E-state index in [1.165, 1.54) is 16.8 Å². The summed E-state index contributed by atoms with van der Waals surface area (Å²) in [6.45, 7) is 0. The van der Waals surface area contributed by atoms with E-state index in [1.54, 1.807) is 6.07 Å². The smallest absolute Gasteiger partial charge is 0.293 e. The van der Waals surface area contributed by atoms with Crippen LogP contribution in [0.25, 0.3) is 10.2 Å². The number of hydrogen-bond acceptors (Lipinski definition) is 5. The zero-order valence-corrected chi connectivity index (χ0v) is 8.75. The van der Waals surface area contributed by atoms with Gasteiger partial charge in [0, 0.05) is 0 Å². The lowest BCUT2D eigenvalue weighted by Crippen LogP contribution is -2.33. The Morgan fingerprint density at radius 3 is 2.69 bits per heavy atom. The number of nitrogens with one attached hydrogen (secondary N) is 2. The van der Waals surface area contributed by atoms with Gasteiger partial charge in [-0.25, -0.2) is 10.5 Å². The van der Waals surface area contributed by atoms with Gasteiger partial charge in [-0.1, -0.05) is 23.5 Å². The predicted molar refractivity (Wildman–Crippen MR) is 58.2 cm³/mol. The summed E-state index contributed by atoms with van der Waals surface area (Å²) < 4.78 is 0.905. The average molecular weight is 237 g/mol. The highest BCUT2D eigenvalue weighted by Crippen LogP contribution is 2.25. The molecule has 3 N–H and O–H groups in total. The molecule has 0 radical (unpaired) electrons. The molecular formula is C9H7N3O3S. The second kappa shape index (κ2) is 4.25. The maximum atomic E-state index is 11.1. The van der Waals surface area contributed by atoms with Gasteiger partial charge >= 0.3 is 11.8 Å². The summed E-state index contributed by atoms with van der Waals surface area (Å²) in [4.78, 5) is 25.9. The van der Waals surface area contributed by atoms with Crippen LogP contribution in [0.2, 0.25) is 0 Å². The third-order valence-corrected chi connectivity index (χ3v) is 2.77. The molecule has 2 rings (SSSR count). The summed E-state index contributed by atoms with van der Waals surface area (Å²) in [7, 11) is 0. The number of benzene rings is 1. The first-order chi connectivity index (χ1) is 7.70. The quantitative estimate of drug-likeness (QED) is 0.387. The number of hydrogen-bond donors (Lipinski definition) is 3. The average Bonchev–Trinajstić information content (AvgIpc) is 2.69. The summed E-state index contributed by atoms with van der Waals surface area (Å²) >= 11 is 1.25. The highest BCUT2D eigenvalue weighted by atomic mass is 32.1. The molecule has 1 heterocycles. The largest absolute Gasteiger partial charge is 0.333 e. The van der Waals surface area contributed by atoms with Crippen LogP contribution in [-0.4, -0.2) is 22.0 Å². The van der Waals surface area contributed by atoms with Gasteiger partial charge in [-0.3, -0.25) is 20.1 Å². The number of carbonyl (C=O) groups is 2. The van der Waals surface area contributed by atoms with E-state index < -0.39 is 11.8 Å². The highest BCUT2D eigenvalue weighted by Gasteiger charge is 2.14. The molecule has 0 bridgehead atoms. The molecule has 0 aliphatic carbocycles. The summed E-state index contributed by atoms with van der Waals surface area (Å²) in [5.41, 5.74) is 1.99. The molecule has 0 saturated carbocycles. The fraction of sp³-hybridized carbons (Fsp3) is 0. The summed E-state index contributed by atoms with van der Waals surface area (Å²) in [5, 5.41) is 10.8. The van der Waals surface area contributed by atoms with Crippen LogP contribution in [-0.2, 0) is 9.59 Å². The van der Waals surface area contributed by atoms with Gasteiger partial charge in [0.1, 0.15) is 0 Å². The highest BCUT2D eigenvalue weighted by molar-refractivity contribution is 7.22. The number of fused-ring (bicyclic) bond motifs is 1. The van der Waals surface area contributed by atoms with Crippen molar-refractivity contribution >= 4 is 38.5 Å². The second-order valence-electron chi connectivity index (χ2n) is 2.88. The van der Waals surface area contributed by atoms with Gasteiger partial charge < -0.3 is 0 Å². The second-order valence-corrected chi connectivity index (χ2v) is 3.91. The van der Waals surface area contributed by atoms with Crippen LogP contribution in [0.4, 0.5) is 5.13 Å². The van der Waals surface area contributed by atoms with Gasteiger partial charge in [0.2, 0.25) is 0 Å². The van der Waals surface area contributed by atoms with E-state index in [4.69, 9.17) is 5.21 Å². The molecule has 1 aromatic carbocycles.